The Balaban J connectivity index is 0.00000106. The van der Waals surface area contributed by atoms with Crippen molar-refractivity contribution in [1.82, 2.24) is 0 Å². The Bertz CT molecular complexity index is 1120. The molecule has 0 heteroatoms. The Morgan fingerprint density at radius 1 is 0.467 bits per heavy atom. The number of aryl methyl sites for hydroxylation is 3. The van der Waals surface area contributed by atoms with Crippen LogP contribution in [0.4, 0.5) is 0 Å². The highest BCUT2D eigenvalue weighted by Crippen LogP contribution is 2.56. The zero-order chi connectivity index (χ0) is 21.3. The maximum Gasteiger partial charge on any atom is 0.0713 e. The summed E-state index contributed by atoms with van der Waals surface area (Å²) in [5.41, 5.74) is 11.7. The second kappa shape index (κ2) is 7.95. The van der Waals surface area contributed by atoms with E-state index in [1.165, 1.54) is 50.1 Å². The summed E-state index contributed by atoms with van der Waals surface area (Å²) in [4.78, 5) is 0. The minimum atomic E-state index is -0.277. The van der Waals surface area contributed by atoms with Gasteiger partial charge in [0, 0.05) is 0 Å². The predicted octanol–water partition coefficient (Wildman–Crippen LogP) is 8.00. The molecule has 0 radical (unpaired) electrons. The van der Waals surface area contributed by atoms with Crippen LogP contribution in [-0.4, -0.2) is 0 Å². The van der Waals surface area contributed by atoms with E-state index in [4.69, 9.17) is 0 Å². The van der Waals surface area contributed by atoms with E-state index >= 15 is 0 Å². The van der Waals surface area contributed by atoms with Crippen molar-refractivity contribution in [3.8, 4) is 11.1 Å². The third-order valence-corrected chi connectivity index (χ3v) is 6.17. The Labute approximate surface area is 181 Å². The van der Waals surface area contributed by atoms with E-state index in [1.807, 2.05) is 13.8 Å². The van der Waals surface area contributed by atoms with E-state index in [0.717, 1.165) is 0 Å². The zero-order valence-corrected chi connectivity index (χ0v) is 18.7. The van der Waals surface area contributed by atoms with Gasteiger partial charge >= 0.3 is 0 Å². The minimum Gasteiger partial charge on any atom is -0.0683 e. The quantitative estimate of drug-likeness (QED) is 0.286. The van der Waals surface area contributed by atoms with Crippen molar-refractivity contribution in [3.63, 3.8) is 0 Å². The summed E-state index contributed by atoms with van der Waals surface area (Å²) in [6, 6.07) is 34.0. The van der Waals surface area contributed by atoms with Crippen molar-refractivity contribution < 1.29 is 0 Å². The summed E-state index contributed by atoms with van der Waals surface area (Å²) >= 11 is 0. The van der Waals surface area contributed by atoms with Crippen molar-refractivity contribution in [1.29, 1.82) is 0 Å². The molecule has 0 heterocycles. The molecule has 0 saturated carbocycles. The first-order valence-electron chi connectivity index (χ1n) is 11.0. The lowest BCUT2D eigenvalue weighted by Gasteiger charge is -2.34. The molecule has 4 aromatic carbocycles. The molecular weight excluding hydrogens is 360 g/mol. The molecule has 30 heavy (non-hydrogen) atoms. The third-order valence-electron chi connectivity index (χ3n) is 6.17. The van der Waals surface area contributed by atoms with Crippen molar-refractivity contribution in [2.24, 2.45) is 0 Å². The molecule has 0 saturated heterocycles. The van der Waals surface area contributed by atoms with Crippen LogP contribution in [0.5, 0.6) is 0 Å². The fraction of sp³-hybridized carbons (Fsp3) is 0.200. The highest BCUT2D eigenvalue weighted by atomic mass is 14.5. The molecule has 0 unspecified atom stereocenters. The van der Waals surface area contributed by atoms with Crippen LogP contribution in [0.1, 0.15) is 52.8 Å². The van der Waals surface area contributed by atoms with Gasteiger partial charge in [-0.15, -0.1) is 0 Å². The lowest BCUT2D eigenvalue weighted by molar-refractivity contribution is 0.767. The molecule has 0 bridgehead atoms. The molecule has 0 atom stereocenters. The molecule has 0 fully saturated rings. The van der Waals surface area contributed by atoms with Gasteiger partial charge in [0.15, 0.2) is 0 Å². The van der Waals surface area contributed by atoms with E-state index in [2.05, 4.69) is 112 Å². The van der Waals surface area contributed by atoms with Crippen LogP contribution >= 0.6 is 0 Å². The lowest BCUT2D eigenvalue weighted by Crippen LogP contribution is -2.28. The number of benzene rings is 4. The average Bonchev–Trinajstić information content (AvgIpc) is 3.07. The molecule has 150 valence electrons. The fourth-order valence-corrected chi connectivity index (χ4v) is 4.79. The van der Waals surface area contributed by atoms with E-state index in [0.29, 0.717) is 0 Å². The molecular formula is C30H30. The molecule has 0 aromatic heterocycles. The second-order valence-electron chi connectivity index (χ2n) is 8.08. The molecule has 0 amide bonds. The molecule has 1 aliphatic rings. The van der Waals surface area contributed by atoms with Crippen LogP contribution in [0.25, 0.3) is 11.1 Å². The summed E-state index contributed by atoms with van der Waals surface area (Å²) in [6.07, 6.45) is 0. The maximum atomic E-state index is 2.35. The van der Waals surface area contributed by atoms with Crippen LogP contribution in [-0.2, 0) is 5.41 Å². The Hall–Kier alpha value is -3.12. The van der Waals surface area contributed by atoms with Crippen LogP contribution in [0.2, 0.25) is 0 Å². The van der Waals surface area contributed by atoms with Crippen LogP contribution in [0.3, 0.4) is 0 Å². The van der Waals surface area contributed by atoms with Gasteiger partial charge in [-0.3, -0.25) is 0 Å². The van der Waals surface area contributed by atoms with Gasteiger partial charge in [0.25, 0.3) is 0 Å². The first-order chi connectivity index (χ1) is 14.6. The summed E-state index contributed by atoms with van der Waals surface area (Å²) in [5.74, 6) is 0. The van der Waals surface area contributed by atoms with Crippen molar-refractivity contribution in [3.05, 3.63) is 130 Å². The van der Waals surface area contributed by atoms with E-state index in [9.17, 15) is 0 Å². The van der Waals surface area contributed by atoms with Gasteiger partial charge in [-0.1, -0.05) is 122 Å². The van der Waals surface area contributed by atoms with Crippen molar-refractivity contribution >= 4 is 0 Å². The highest BCUT2D eigenvalue weighted by molar-refractivity contribution is 5.86. The third kappa shape index (κ3) is 2.99. The van der Waals surface area contributed by atoms with Gasteiger partial charge in [-0.05, 0) is 54.2 Å². The SMILES string of the molecule is CC.Cc1ccc(C2(c3ccc(C)cc3)c3ccccc3-c3cc(C)ccc32)cc1. The van der Waals surface area contributed by atoms with Crippen LogP contribution in [0, 0.1) is 20.8 Å². The van der Waals surface area contributed by atoms with Gasteiger partial charge in [0.2, 0.25) is 0 Å². The Kier molecular flexibility index (Phi) is 5.35. The average molecular weight is 391 g/mol. The molecule has 4 aromatic rings. The number of fused-ring (bicyclic) bond motifs is 3. The topological polar surface area (TPSA) is 0 Å². The summed E-state index contributed by atoms with van der Waals surface area (Å²) in [7, 11) is 0. The standard InChI is InChI=1S/C28H24.C2H6/c1-19-8-13-22(14-9-19)28(23-15-10-20(2)11-16-23)26-7-5-4-6-24(26)25-18-21(3)12-17-27(25)28;1-2/h4-18H,1-3H3;1-2H3. The van der Waals surface area contributed by atoms with Crippen molar-refractivity contribution in [2.75, 3.05) is 0 Å². The second-order valence-corrected chi connectivity index (χ2v) is 8.08. The first kappa shape index (κ1) is 20.2. The van der Waals surface area contributed by atoms with E-state index in [-0.39, 0.29) is 5.41 Å². The van der Waals surface area contributed by atoms with Crippen LogP contribution < -0.4 is 0 Å². The summed E-state index contributed by atoms with van der Waals surface area (Å²) in [5, 5.41) is 0. The smallest absolute Gasteiger partial charge is 0.0683 e. The molecule has 0 aliphatic heterocycles. The molecule has 0 N–H and O–H groups in total. The lowest BCUT2D eigenvalue weighted by atomic mass is 9.67. The zero-order valence-electron chi connectivity index (χ0n) is 18.7. The van der Waals surface area contributed by atoms with Gasteiger partial charge in [0.1, 0.15) is 0 Å². The summed E-state index contributed by atoms with van der Waals surface area (Å²) < 4.78 is 0. The molecule has 5 rings (SSSR count). The molecule has 0 spiro atoms. The monoisotopic (exact) mass is 390 g/mol. The fourth-order valence-electron chi connectivity index (χ4n) is 4.79. The normalized spacial score (nSPS) is 13.1. The number of hydrogen-bond acceptors (Lipinski definition) is 0. The van der Waals surface area contributed by atoms with Gasteiger partial charge in [0.05, 0.1) is 5.41 Å². The number of hydrogen-bond donors (Lipinski definition) is 0. The largest absolute Gasteiger partial charge is 0.0713 e. The number of rotatable bonds is 2. The predicted molar refractivity (Wildman–Crippen MR) is 129 cm³/mol. The van der Waals surface area contributed by atoms with E-state index < -0.39 is 0 Å². The highest BCUT2D eigenvalue weighted by Gasteiger charge is 2.45. The minimum absolute atomic E-state index is 0.277. The van der Waals surface area contributed by atoms with E-state index in [1.54, 1.807) is 0 Å². The summed E-state index contributed by atoms with van der Waals surface area (Å²) in [6.45, 7) is 10.5. The van der Waals surface area contributed by atoms with Crippen molar-refractivity contribution in [2.45, 2.75) is 40.0 Å². The maximum absolute atomic E-state index is 2.35. The van der Waals surface area contributed by atoms with Crippen LogP contribution in [0.15, 0.2) is 91.0 Å². The first-order valence-corrected chi connectivity index (χ1v) is 11.0. The Morgan fingerprint density at radius 2 is 0.933 bits per heavy atom. The Morgan fingerprint density at radius 3 is 1.50 bits per heavy atom. The molecule has 1 aliphatic carbocycles. The van der Waals surface area contributed by atoms with Gasteiger partial charge in [-0.2, -0.15) is 0 Å². The molecule has 0 nitrogen and oxygen atoms in total. The van der Waals surface area contributed by atoms with Gasteiger partial charge < -0.3 is 0 Å². The van der Waals surface area contributed by atoms with Gasteiger partial charge in [-0.25, -0.2) is 0 Å².